The molecule has 0 aromatic carbocycles. The Labute approximate surface area is 155 Å². The number of carbonyl (C=O) groups excluding carboxylic acids is 5. The van der Waals surface area contributed by atoms with Crippen molar-refractivity contribution in [1.82, 2.24) is 0 Å². The summed E-state index contributed by atoms with van der Waals surface area (Å²) >= 11 is 0. The van der Waals surface area contributed by atoms with Crippen LogP contribution in [-0.4, -0.2) is 73.1 Å². The van der Waals surface area contributed by atoms with Gasteiger partial charge in [0.25, 0.3) is 0 Å². The van der Waals surface area contributed by atoms with E-state index < -0.39 is 48.5 Å². The maximum absolute atomic E-state index is 11.5. The highest BCUT2D eigenvalue weighted by Gasteiger charge is 2.23. The lowest BCUT2D eigenvalue weighted by Crippen LogP contribution is -2.31. The van der Waals surface area contributed by atoms with E-state index >= 15 is 0 Å². The maximum atomic E-state index is 11.5. The standard InChI is InChI=1S/C16H24O11/c1-9(8-17)25-15(21)12(4)27-16(22)24-7-5-6-23-14(20)11(3)26-13(19)10(2)18/h8-12,18H,5-7H2,1-4H3. The highest BCUT2D eigenvalue weighted by atomic mass is 16.7. The molecule has 0 rings (SSSR count). The first-order valence-corrected chi connectivity index (χ1v) is 8.12. The van der Waals surface area contributed by atoms with Gasteiger partial charge >= 0.3 is 24.1 Å². The number of esters is 3. The summed E-state index contributed by atoms with van der Waals surface area (Å²) in [7, 11) is 0. The molecule has 0 aliphatic heterocycles. The third kappa shape index (κ3) is 10.8. The van der Waals surface area contributed by atoms with E-state index in [0.29, 0.717) is 6.29 Å². The van der Waals surface area contributed by atoms with Gasteiger partial charge in [0, 0.05) is 6.42 Å². The van der Waals surface area contributed by atoms with Crippen molar-refractivity contribution in [3.8, 4) is 0 Å². The summed E-state index contributed by atoms with van der Waals surface area (Å²) in [6, 6.07) is 0. The molecule has 11 nitrogen and oxygen atoms in total. The highest BCUT2D eigenvalue weighted by molar-refractivity contribution is 5.80. The smallest absolute Gasteiger partial charge is 0.463 e. The van der Waals surface area contributed by atoms with Crippen molar-refractivity contribution < 1.29 is 52.8 Å². The SMILES string of the molecule is CC(C=O)OC(=O)C(C)OC(=O)OCCCOC(=O)C(C)OC(=O)C(C)O. The van der Waals surface area contributed by atoms with Gasteiger partial charge in [-0.1, -0.05) is 0 Å². The second-order valence-corrected chi connectivity index (χ2v) is 5.41. The molecule has 0 aromatic heterocycles. The number of hydrogen-bond donors (Lipinski definition) is 1. The Hall–Kier alpha value is -2.69. The summed E-state index contributed by atoms with van der Waals surface area (Å²) in [5, 5.41) is 8.97. The zero-order chi connectivity index (χ0) is 21.0. The summed E-state index contributed by atoms with van der Waals surface area (Å²) in [5.74, 6) is -2.69. The van der Waals surface area contributed by atoms with Crippen LogP contribution in [0.25, 0.3) is 0 Å². The molecule has 0 spiro atoms. The van der Waals surface area contributed by atoms with Crippen LogP contribution in [0.15, 0.2) is 0 Å². The third-order valence-corrected chi connectivity index (χ3v) is 2.82. The summed E-state index contributed by atoms with van der Waals surface area (Å²) in [5.41, 5.74) is 0. The van der Waals surface area contributed by atoms with Crippen molar-refractivity contribution in [3.63, 3.8) is 0 Å². The van der Waals surface area contributed by atoms with Crippen LogP contribution < -0.4 is 0 Å². The van der Waals surface area contributed by atoms with Gasteiger partial charge in [-0.2, -0.15) is 0 Å². The first kappa shape index (κ1) is 24.3. The second-order valence-electron chi connectivity index (χ2n) is 5.41. The fourth-order valence-electron chi connectivity index (χ4n) is 1.36. The Balaban J connectivity index is 3.96. The molecule has 0 aliphatic carbocycles. The number of aldehydes is 1. The highest BCUT2D eigenvalue weighted by Crippen LogP contribution is 2.02. The number of aliphatic hydroxyl groups excluding tert-OH is 1. The van der Waals surface area contributed by atoms with Gasteiger partial charge in [0.2, 0.25) is 0 Å². The van der Waals surface area contributed by atoms with E-state index in [-0.39, 0.29) is 19.6 Å². The van der Waals surface area contributed by atoms with Crippen molar-refractivity contribution in [2.45, 2.75) is 58.5 Å². The molecule has 1 N–H and O–H groups in total. The molecule has 0 saturated carbocycles. The van der Waals surface area contributed by atoms with E-state index in [2.05, 4.69) is 18.9 Å². The summed E-state index contributed by atoms with van der Waals surface area (Å²) in [4.78, 5) is 55.9. The number of ether oxygens (including phenoxy) is 5. The molecule has 27 heavy (non-hydrogen) atoms. The quantitative estimate of drug-likeness (QED) is 0.217. The zero-order valence-corrected chi connectivity index (χ0v) is 15.5. The van der Waals surface area contributed by atoms with Gasteiger partial charge in [-0.05, 0) is 27.7 Å². The number of rotatable bonds is 11. The van der Waals surface area contributed by atoms with E-state index in [1.165, 1.54) is 27.7 Å². The normalized spacial score (nSPS) is 14.7. The number of carbonyl (C=O) groups is 5. The minimum absolute atomic E-state index is 0.124. The van der Waals surface area contributed by atoms with Gasteiger partial charge in [-0.3, -0.25) is 4.79 Å². The molecule has 4 atom stereocenters. The van der Waals surface area contributed by atoms with E-state index in [9.17, 15) is 24.0 Å². The van der Waals surface area contributed by atoms with Crippen LogP contribution in [-0.2, 0) is 42.9 Å². The molecule has 0 heterocycles. The van der Waals surface area contributed by atoms with Gasteiger partial charge in [0.15, 0.2) is 24.6 Å². The first-order valence-electron chi connectivity index (χ1n) is 8.12. The molecule has 0 aliphatic rings. The van der Waals surface area contributed by atoms with Gasteiger partial charge < -0.3 is 28.8 Å². The average Bonchev–Trinajstić information content (AvgIpc) is 2.60. The lowest BCUT2D eigenvalue weighted by Gasteiger charge is -2.14. The number of hydrogen-bond acceptors (Lipinski definition) is 11. The molecular formula is C16H24O11. The van der Waals surface area contributed by atoms with Gasteiger partial charge in [-0.15, -0.1) is 0 Å². The monoisotopic (exact) mass is 392 g/mol. The van der Waals surface area contributed by atoms with Crippen LogP contribution >= 0.6 is 0 Å². The molecule has 0 amide bonds. The van der Waals surface area contributed by atoms with Crippen molar-refractivity contribution in [3.05, 3.63) is 0 Å². The van der Waals surface area contributed by atoms with E-state index in [4.69, 9.17) is 9.84 Å². The van der Waals surface area contributed by atoms with E-state index in [1.807, 2.05) is 0 Å². The Kier molecular flexibility index (Phi) is 11.4. The minimum Gasteiger partial charge on any atom is -0.463 e. The van der Waals surface area contributed by atoms with Crippen LogP contribution in [0.1, 0.15) is 34.1 Å². The lowest BCUT2D eigenvalue weighted by atomic mass is 10.4. The molecule has 4 unspecified atom stereocenters. The Bertz CT molecular complexity index is 528. The van der Waals surface area contributed by atoms with Crippen LogP contribution in [0.4, 0.5) is 4.79 Å². The number of aliphatic hydroxyl groups is 1. The van der Waals surface area contributed by atoms with Gasteiger partial charge in [-0.25, -0.2) is 19.2 Å². The fraction of sp³-hybridized carbons (Fsp3) is 0.688. The lowest BCUT2D eigenvalue weighted by molar-refractivity contribution is -0.171. The van der Waals surface area contributed by atoms with Crippen molar-refractivity contribution in [2.75, 3.05) is 13.2 Å². The summed E-state index contributed by atoms with van der Waals surface area (Å²) in [6.45, 7) is 4.78. The van der Waals surface area contributed by atoms with Crippen molar-refractivity contribution in [2.24, 2.45) is 0 Å². The molecule has 0 radical (unpaired) electrons. The topological polar surface area (TPSA) is 152 Å². The predicted molar refractivity (Wildman–Crippen MR) is 86.3 cm³/mol. The zero-order valence-electron chi connectivity index (χ0n) is 15.5. The van der Waals surface area contributed by atoms with Crippen molar-refractivity contribution in [1.29, 1.82) is 0 Å². The molecular weight excluding hydrogens is 368 g/mol. The second kappa shape index (κ2) is 12.6. The van der Waals surface area contributed by atoms with Crippen LogP contribution in [0.2, 0.25) is 0 Å². The van der Waals surface area contributed by atoms with Crippen LogP contribution in [0.3, 0.4) is 0 Å². The first-order chi connectivity index (χ1) is 12.6. The predicted octanol–water partition coefficient (Wildman–Crippen LogP) is -0.0955. The summed E-state index contributed by atoms with van der Waals surface area (Å²) in [6.07, 6.45) is -5.38. The summed E-state index contributed by atoms with van der Waals surface area (Å²) < 4.78 is 23.4. The van der Waals surface area contributed by atoms with E-state index in [1.54, 1.807) is 0 Å². The Morgan fingerprint density at radius 1 is 0.815 bits per heavy atom. The van der Waals surface area contributed by atoms with E-state index in [0.717, 1.165) is 0 Å². The molecule has 0 bridgehead atoms. The molecule has 0 fully saturated rings. The molecule has 0 saturated heterocycles. The van der Waals surface area contributed by atoms with Crippen LogP contribution in [0, 0.1) is 0 Å². The maximum Gasteiger partial charge on any atom is 0.509 e. The largest absolute Gasteiger partial charge is 0.509 e. The average molecular weight is 392 g/mol. The Morgan fingerprint density at radius 2 is 1.37 bits per heavy atom. The van der Waals surface area contributed by atoms with Gasteiger partial charge in [0.1, 0.15) is 6.10 Å². The molecule has 0 aromatic rings. The molecule has 154 valence electrons. The van der Waals surface area contributed by atoms with Crippen LogP contribution in [0.5, 0.6) is 0 Å². The molecule has 11 heteroatoms. The fourth-order valence-corrected chi connectivity index (χ4v) is 1.36. The van der Waals surface area contributed by atoms with Gasteiger partial charge in [0.05, 0.1) is 13.2 Å². The third-order valence-electron chi connectivity index (χ3n) is 2.82. The minimum atomic E-state index is -1.36. The van der Waals surface area contributed by atoms with Crippen molar-refractivity contribution >= 4 is 30.3 Å². The Morgan fingerprint density at radius 3 is 1.93 bits per heavy atom.